The van der Waals surface area contributed by atoms with Crippen molar-refractivity contribution in [1.82, 2.24) is 5.32 Å². The second kappa shape index (κ2) is 4.39. The van der Waals surface area contributed by atoms with Crippen LogP contribution in [-0.4, -0.2) is 6.54 Å². The summed E-state index contributed by atoms with van der Waals surface area (Å²) in [7, 11) is 0. The van der Waals surface area contributed by atoms with E-state index in [1.54, 1.807) is 6.07 Å². The van der Waals surface area contributed by atoms with Crippen LogP contribution in [0.25, 0.3) is 11.0 Å². The number of para-hydroxylation sites is 1. The largest absolute Gasteiger partial charge is 0.456 e. The molecular weight excluding hydrogens is 229 g/mol. The first kappa shape index (κ1) is 11.7. The Kier molecular flexibility index (Phi) is 2.86. The van der Waals surface area contributed by atoms with Gasteiger partial charge in [0.2, 0.25) is 0 Å². The molecule has 0 saturated carbocycles. The van der Waals surface area contributed by atoms with Crippen molar-refractivity contribution < 1.29 is 8.81 Å². The summed E-state index contributed by atoms with van der Waals surface area (Å²) in [5.74, 6) is 0.570. The molecule has 1 N–H and O–H groups in total. The second-order valence-corrected chi connectivity index (χ2v) is 5.34. The molecule has 3 rings (SSSR count). The minimum atomic E-state index is -0.282. The van der Waals surface area contributed by atoms with Gasteiger partial charge in [-0.1, -0.05) is 25.0 Å². The Morgan fingerprint density at radius 1 is 1.28 bits per heavy atom. The van der Waals surface area contributed by atoms with Crippen molar-refractivity contribution in [2.24, 2.45) is 0 Å². The Morgan fingerprint density at radius 2 is 2.17 bits per heavy atom. The summed E-state index contributed by atoms with van der Waals surface area (Å²) in [5.41, 5.74) is 0.210. The molecule has 1 unspecified atom stereocenters. The summed E-state index contributed by atoms with van der Waals surface area (Å²) in [5, 5.41) is 4.38. The third-order valence-electron chi connectivity index (χ3n) is 3.91. The van der Waals surface area contributed by atoms with Gasteiger partial charge in [-0.2, -0.15) is 0 Å². The minimum Gasteiger partial charge on any atom is -0.456 e. The molecular formula is C15H18FNO. The number of benzene rings is 1. The molecule has 18 heavy (non-hydrogen) atoms. The minimum absolute atomic E-state index is 0.165. The van der Waals surface area contributed by atoms with Crippen LogP contribution in [0.4, 0.5) is 4.39 Å². The Hall–Kier alpha value is -1.35. The van der Waals surface area contributed by atoms with Crippen molar-refractivity contribution in [3.63, 3.8) is 0 Å². The lowest BCUT2D eigenvalue weighted by Crippen LogP contribution is -2.38. The molecule has 0 amide bonds. The molecule has 1 aromatic carbocycles. The molecule has 1 fully saturated rings. The molecule has 2 heterocycles. The van der Waals surface area contributed by atoms with E-state index in [9.17, 15) is 4.39 Å². The average molecular weight is 247 g/mol. The molecule has 1 aromatic heterocycles. The van der Waals surface area contributed by atoms with Crippen LogP contribution in [-0.2, 0) is 5.54 Å². The highest BCUT2D eigenvalue weighted by molar-refractivity contribution is 5.78. The van der Waals surface area contributed by atoms with E-state index < -0.39 is 0 Å². The highest BCUT2D eigenvalue weighted by Crippen LogP contribution is 2.34. The third-order valence-corrected chi connectivity index (χ3v) is 3.91. The van der Waals surface area contributed by atoms with E-state index >= 15 is 0 Å². The van der Waals surface area contributed by atoms with Crippen molar-refractivity contribution in [3.8, 4) is 0 Å². The smallest absolute Gasteiger partial charge is 0.169 e. The Balaban J connectivity index is 2.05. The predicted molar refractivity (Wildman–Crippen MR) is 70.0 cm³/mol. The molecule has 0 bridgehead atoms. The third kappa shape index (κ3) is 1.93. The summed E-state index contributed by atoms with van der Waals surface area (Å²) in [6, 6.07) is 7.03. The van der Waals surface area contributed by atoms with Crippen LogP contribution in [0.2, 0.25) is 0 Å². The van der Waals surface area contributed by atoms with Crippen molar-refractivity contribution in [2.75, 3.05) is 6.54 Å². The summed E-state index contributed by atoms with van der Waals surface area (Å²) in [6.07, 6.45) is 4.67. The maximum atomic E-state index is 13.7. The maximum absolute atomic E-state index is 13.7. The zero-order valence-electron chi connectivity index (χ0n) is 10.6. The standard InChI is InChI=1S/C15H18FNO/c1-15(8-3-2-4-9-17-15)13-10-11-6-5-7-12(16)14(11)18-13/h5-7,10,17H,2-4,8-9H2,1H3. The summed E-state index contributed by atoms with van der Waals surface area (Å²) in [4.78, 5) is 0. The van der Waals surface area contributed by atoms with Gasteiger partial charge in [-0.15, -0.1) is 0 Å². The zero-order valence-corrected chi connectivity index (χ0v) is 10.6. The number of halogens is 1. The molecule has 0 aliphatic carbocycles. The Morgan fingerprint density at radius 3 is 3.00 bits per heavy atom. The van der Waals surface area contributed by atoms with Crippen LogP contribution in [0.5, 0.6) is 0 Å². The Bertz CT molecular complexity index is 553. The van der Waals surface area contributed by atoms with Gasteiger partial charge in [0, 0.05) is 5.39 Å². The van der Waals surface area contributed by atoms with E-state index in [1.807, 2.05) is 12.1 Å². The van der Waals surface area contributed by atoms with Gasteiger partial charge in [-0.05, 0) is 38.4 Å². The zero-order chi connectivity index (χ0) is 12.6. The highest BCUT2D eigenvalue weighted by atomic mass is 19.1. The Labute approximate surface area is 106 Å². The van der Waals surface area contributed by atoms with Crippen LogP contribution in [0.1, 0.15) is 38.4 Å². The molecule has 1 aliphatic heterocycles. The first-order chi connectivity index (χ1) is 8.69. The van der Waals surface area contributed by atoms with Crippen LogP contribution in [0.15, 0.2) is 28.7 Å². The SMILES string of the molecule is CC1(c2cc3cccc(F)c3o2)CCCCCN1. The fraction of sp³-hybridized carbons (Fsp3) is 0.467. The van der Waals surface area contributed by atoms with Gasteiger partial charge >= 0.3 is 0 Å². The predicted octanol–water partition coefficient (Wildman–Crippen LogP) is 3.95. The van der Waals surface area contributed by atoms with Gasteiger partial charge in [-0.3, -0.25) is 0 Å². The highest BCUT2D eigenvalue weighted by Gasteiger charge is 2.31. The van der Waals surface area contributed by atoms with Crippen LogP contribution >= 0.6 is 0 Å². The van der Waals surface area contributed by atoms with Crippen molar-refractivity contribution >= 4 is 11.0 Å². The number of rotatable bonds is 1. The number of nitrogens with one attached hydrogen (secondary N) is 1. The monoisotopic (exact) mass is 247 g/mol. The van der Waals surface area contributed by atoms with Gasteiger partial charge in [0.15, 0.2) is 11.4 Å². The number of hydrogen-bond donors (Lipinski definition) is 1. The van der Waals surface area contributed by atoms with E-state index in [2.05, 4.69) is 12.2 Å². The number of hydrogen-bond acceptors (Lipinski definition) is 2. The number of furan rings is 1. The summed E-state index contributed by atoms with van der Waals surface area (Å²) in [6.45, 7) is 3.14. The molecule has 0 radical (unpaired) electrons. The lowest BCUT2D eigenvalue weighted by atomic mass is 9.93. The fourth-order valence-corrected chi connectivity index (χ4v) is 2.74. The summed E-state index contributed by atoms with van der Waals surface area (Å²) < 4.78 is 19.4. The van der Waals surface area contributed by atoms with Gasteiger partial charge < -0.3 is 9.73 Å². The van der Waals surface area contributed by atoms with E-state index in [1.165, 1.54) is 25.3 Å². The maximum Gasteiger partial charge on any atom is 0.169 e. The molecule has 2 nitrogen and oxygen atoms in total. The lowest BCUT2D eigenvalue weighted by Gasteiger charge is -2.26. The van der Waals surface area contributed by atoms with E-state index in [-0.39, 0.29) is 11.4 Å². The van der Waals surface area contributed by atoms with E-state index in [0.717, 1.165) is 24.1 Å². The molecule has 0 spiro atoms. The van der Waals surface area contributed by atoms with Crippen molar-refractivity contribution in [2.45, 2.75) is 38.1 Å². The molecule has 96 valence electrons. The fourth-order valence-electron chi connectivity index (χ4n) is 2.74. The molecule has 1 saturated heterocycles. The van der Waals surface area contributed by atoms with Gasteiger partial charge in [-0.25, -0.2) is 4.39 Å². The van der Waals surface area contributed by atoms with Gasteiger partial charge in [0.1, 0.15) is 5.76 Å². The van der Waals surface area contributed by atoms with Crippen LogP contribution in [0, 0.1) is 5.82 Å². The molecule has 1 atom stereocenters. The normalized spacial score (nSPS) is 25.2. The van der Waals surface area contributed by atoms with Gasteiger partial charge in [0.25, 0.3) is 0 Å². The quantitative estimate of drug-likeness (QED) is 0.825. The first-order valence-electron chi connectivity index (χ1n) is 6.63. The first-order valence-corrected chi connectivity index (χ1v) is 6.63. The van der Waals surface area contributed by atoms with Crippen molar-refractivity contribution in [1.29, 1.82) is 0 Å². The molecule has 2 aromatic rings. The van der Waals surface area contributed by atoms with Crippen LogP contribution in [0.3, 0.4) is 0 Å². The average Bonchev–Trinajstić information content (AvgIpc) is 2.69. The lowest BCUT2D eigenvalue weighted by molar-refractivity contribution is 0.294. The number of fused-ring (bicyclic) bond motifs is 1. The topological polar surface area (TPSA) is 25.2 Å². The molecule has 3 heteroatoms. The van der Waals surface area contributed by atoms with Crippen LogP contribution < -0.4 is 5.32 Å². The van der Waals surface area contributed by atoms with E-state index in [0.29, 0.717) is 5.58 Å². The summed E-state index contributed by atoms with van der Waals surface area (Å²) >= 11 is 0. The molecule has 1 aliphatic rings. The second-order valence-electron chi connectivity index (χ2n) is 5.34. The van der Waals surface area contributed by atoms with E-state index in [4.69, 9.17) is 4.42 Å². The van der Waals surface area contributed by atoms with Crippen molar-refractivity contribution in [3.05, 3.63) is 35.8 Å². The van der Waals surface area contributed by atoms with Gasteiger partial charge in [0.05, 0.1) is 5.54 Å².